The SMILES string of the molecule is CC(CC(=O)CC1CCOCC1)C1CCCNC1. The third-order valence-electron chi connectivity index (χ3n) is 4.55. The third kappa shape index (κ3) is 4.36. The normalized spacial score (nSPS) is 27.9. The van der Waals surface area contributed by atoms with E-state index >= 15 is 0 Å². The van der Waals surface area contributed by atoms with Crippen LogP contribution in [0.15, 0.2) is 0 Å². The first-order valence-corrected chi connectivity index (χ1v) is 7.56. The average Bonchev–Trinajstić information content (AvgIpc) is 2.40. The van der Waals surface area contributed by atoms with Crippen LogP contribution < -0.4 is 5.32 Å². The topological polar surface area (TPSA) is 38.3 Å². The summed E-state index contributed by atoms with van der Waals surface area (Å²) in [7, 11) is 0. The molecule has 3 nitrogen and oxygen atoms in total. The molecule has 2 unspecified atom stereocenters. The Morgan fingerprint density at radius 2 is 2.11 bits per heavy atom. The fraction of sp³-hybridized carbons (Fsp3) is 0.933. The lowest BCUT2D eigenvalue weighted by Crippen LogP contribution is -2.34. The zero-order valence-corrected chi connectivity index (χ0v) is 11.6. The van der Waals surface area contributed by atoms with Gasteiger partial charge in [0, 0.05) is 26.1 Å². The maximum atomic E-state index is 12.1. The van der Waals surface area contributed by atoms with Crippen LogP contribution in [0.3, 0.4) is 0 Å². The molecule has 0 spiro atoms. The smallest absolute Gasteiger partial charge is 0.133 e. The number of Topliss-reactive ketones (excluding diaryl/α,β-unsaturated/α-hetero) is 1. The van der Waals surface area contributed by atoms with Gasteiger partial charge in [-0.05, 0) is 56.5 Å². The van der Waals surface area contributed by atoms with Crippen molar-refractivity contribution in [2.45, 2.75) is 45.4 Å². The number of carbonyl (C=O) groups is 1. The van der Waals surface area contributed by atoms with Crippen molar-refractivity contribution in [2.75, 3.05) is 26.3 Å². The maximum Gasteiger partial charge on any atom is 0.133 e. The average molecular weight is 253 g/mol. The number of ketones is 1. The lowest BCUT2D eigenvalue weighted by atomic mass is 9.82. The Bertz CT molecular complexity index is 255. The van der Waals surface area contributed by atoms with Crippen LogP contribution in [0.25, 0.3) is 0 Å². The third-order valence-corrected chi connectivity index (χ3v) is 4.55. The van der Waals surface area contributed by atoms with E-state index in [0.29, 0.717) is 23.5 Å². The van der Waals surface area contributed by atoms with E-state index in [1.165, 1.54) is 12.8 Å². The molecule has 3 heteroatoms. The summed E-state index contributed by atoms with van der Waals surface area (Å²) in [6.45, 7) is 6.20. The van der Waals surface area contributed by atoms with Gasteiger partial charge < -0.3 is 10.1 Å². The fourth-order valence-electron chi connectivity index (χ4n) is 3.25. The Morgan fingerprint density at radius 1 is 1.33 bits per heavy atom. The number of nitrogens with one attached hydrogen (secondary N) is 1. The molecule has 2 heterocycles. The molecule has 0 aromatic rings. The van der Waals surface area contributed by atoms with Gasteiger partial charge in [-0.2, -0.15) is 0 Å². The number of hydrogen-bond donors (Lipinski definition) is 1. The molecule has 0 aromatic heterocycles. The quantitative estimate of drug-likeness (QED) is 0.817. The summed E-state index contributed by atoms with van der Waals surface area (Å²) in [5.41, 5.74) is 0. The highest BCUT2D eigenvalue weighted by atomic mass is 16.5. The number of hydrogen-bond acceptors (Lipinski definition) is 3. The van der Waals surface area contributed by atoms with Gasteiger partial charge in [0.2, 0.25) is 0 Å². The molecule has 0 aromatic carbocycles. The molecule has 2 aliphatic heterocycles. The van der Waals surface area contributed by atoms with Crippen LogP contribution >= 0.6 is 0 Å². The molecule has 2 atom stereocenters. The van der Waals surface area contributed by atoms with Crippen LogP contribution in [-0.2, 0) is 9.53 Å². The first kappa shape index (κ1) is 14.0. The van der Waals surface area contributed by atoms with E-state index in [4.69, 9.17) is 4.74 Å². The van der Waals surface area contributed by atoms with E-state index in [1.807, 2.05) is 0 Å². The van der Waals surface area contributed by atoms with E-state index in [-0.39, 0.29) is 0 Å². The molecule has 2 aliphatic rings. The van der Waals surface area contributed by atoms with Gasteiger partial charge in [0.1, 0.15) is 5.78 Å². The summed E-state index contributed by atoms with van der Waals surface area (Å²) in [5, 5.41) is 3.44. The van der Waals surface area contributed by atoms with Crippen molar-refractivity contribution in [3.05, 3.63) is 0 Å². The fourth-order valence-corrected chi connectivity index (χ4v) is 3.25. The molecule has 0 bridgehead atoms. The zero-order valence-electron chi connectivity index (χ0n) is 11.6. The van der Waals surface area contributed by atoms with Crippen LogP contribution in [0.5, 0.6) is 0 Å². The van der Waals surface area contributed by atoms with E-state index < -0.39 is 0 Å². The Morgan fingerprint density at radius 3 is 2.78 bits per heavy atom. The molecule has 1 N–H and O–H groups in total. The van der Waals surface area contributed by atoms with Crippen molar-refractivity contribution in [2.24, 2.45) is 17.8 Å². The largest absolute Gasteiger partial charge is 0.381 e. The lowest BCUT2D eigenvalue weighted by Gasteiger charge is -2.28. The van der Waals surface area contributed by atoms with Crippen LogP contribution in [-0.4, -0.2) is 32.1 Å². The molecule has 18 heavy (non-hydrogen) atoms. The monoisotopic (exact) mass is 253 g/mol. The molecular weight excluding hydrogens is 226 g/mol. The van der Waals surface area contributed by atoms with Gasteiger partial charge in [-0.25, -0.2) is 0 Å². The minimum absolute atomic E-state index is 0.472. The van der Waals surface area contributed by atoms with Crippen LogP contribution in [0.4, 0.5) is 0 Å². The lowest BCUT2D eigenvalue weighted by molar-refractivity contribution is -0.121. The van der Waals surface area contributed by atoms with Gasteiger partial charge in [-0.15, -0.1) is 0 Å². The Labute approximate surface area is 111 Å². The van der Waals surface area contributed by atoms with E-state index in [2.05, 4.69) is 12.2 Å². The number of carbonyl (C=O) groups excluding carboxylic acids is 1. The van der Waals surface area contributed by atoms with E-state index in [0.717, 1.165) is 52.0 Å². The van der Waals surface area contributed by atoms with Gasteiger partial charge in [0.25, 0.3) is 0 Å². The predicted molar refractivity (Wildman–Crippen MR) is 72.5 cm³/mol. The van der Waals surface area contributed by atoms with Crippen LogP contribution in [0, 0.1) is 17.8 Å². The predicted octanol–water partition coefficient (Wildman–Crippen LogP) is 2.40. The van der Waals surface area contributed by atoms with Crippen molar-refractivity contribution in [3.63, 3.8) is 0 Å². The van der Waals surface area contributed by atoms with Crippen molar-refractivity contribution in [3.8, 4) is 0 Å². The highest BCUT2D eigenvalue weighted by molar-refractivity contribution is 5.78. The summed E-state index contributed by atoms with van der Waals surface area (Å²) in [6.07, 6.45) is 6.27. The Hall–Kier alpha value is -0.410. The summed E-state index contributed by atoms with van der Waals surface area (Å²) in [4.78, 5) is 12.1. The Balaban J connectivity index is 1.68. The second kappa shape index (κ2) is 7.25. The zero-order chi connectivity index (χ0) is 12.8. The summed E-state index contributed by atoms with van der Waals surface area (Å²) < 4.78 is 5.34. The second-order valence-electron chi connectivity index (χ2n) is 6.09. The highest BCUT2D eigenvalue weighted by Gasteiger charge is 2.24. The second-order valence-corrected chi connectivity index (χ2v) is 6.09. The summed E-state index contributed by atoms with van der Waals surface area (Å²) in [5.74, 6) is 2.31. The number of piperidine rings is 1. The van der Waals surface area contributed by atoms with Crippen molar-refractivity contribution >= 4 is 5.78 Å². The summed E-state index contributed by atoms with van der Waals surface area (Å²) in [6, 6.07) is 0. The molecule has 2 rings (SSSR count). The summed E-state index contributed by atoms with van der Waals surface area (Å²) >= 11 is 0. The van der Waals surface area contributed by atoms with Gasteiger partial charge in [-0.1, -0.05) is 6.92 Å². The molecule has 2 saturated heterocycles. The molecule has 0 amide bonds. The standard InChI is InChI=1S/C15H27NO2/c1-12(14-3-2-6-16-11-14)9-15(17)10-13-4-7-18-8-5-13/h12-14,16H,2-11H2,1H3. The number of rotatable bonds is 5. The molecule has 0 saturated carbocycles. The van der Waals surface area contributed by atoms with Gasteiger partial charge in [0.15, 0.2) is 0 Å². The first-order chi connectivity index (χ1) is 8.75. The van der Waals surface area contributed by atoms with Gasteiger partial charge in [-0.3, -0.25) is 4.79 Å². The molecular formula is C15H27NO2. The molecule has 0 aliphatic carbocycles. The van der Waals surface area contributed by atoms with E-state index in [1.54, 1.807) is 0 Å². The molecule has 2 fully saturated rings. The van der Waals surface area contributed by atoms with Crippen molar-refractivity contribution in [1.29, 1.82) is 0 Å². The molecule has 0 radical (unpaired) electrons. The van der Waals surface area contributed by atoms with E-state index in [9.17, 15) is 4.79 Å². The van der Waals surface area contributed by atoms with Crippen LogP contribution in [0.2, 0.25) is 0 Å². The van der Waals surface area contributed by atoms with Crippen LogP contribution in [0.1, 0.15) is 45.4 Å². The molecule has 104 valence electrons. The Kier molecular flexibility index (Phi) is 5.64. The van der Waals surface area contributed by atoms with Crippen molar-refractivity contribution in [1.82, 2.24) is 5.32 Å². The van der Waals surface area contributed by atoms with Gasteiger partial charge >= 0.3 is 0 Å². The first-order valence-electron chi connectivity index (χ1n) is 7.56. The maximum absolute atomic E-state index is 12.1. The highest BCUT2D eigenvalue weighted by Crippen LogP contribution is 2.25. The number of ether oxygens (including phenoxy) is 1. The van der Waals surface area contributed by atoms with Crippen molar-refractivity contribution < 1.29 is 9.53 Å². The minimum atomic E-state index is 0.472. The minimum Gasteiger partial charge on any atom is -0.381 e. The van der Waals surface area contributed by atoms with Gasteiger partial charge in [0.05, 0.1) is 0 Å².